The van der Waals surface area contributed by atoms with Gasteiger partial charge in [-0.25, -0.2) is 8.78 Å². The van der Waals surface area contributed by atoms with E-state index in [-0.39, 0.29) is 12.3 Å². The zero-order chi connectivity index (χ0) is 13.1. The highest BCUT2D eigenvalue weighted by molar-refractivity contribution is 9.10. The molecule has 0 aliphatic rings. The molecule has 0 unspecified atom stereocenters. The van der Waals surface area contributed by atoms with Crippen LogP contribution < -0.4 is 10.5 Å². The zero-order valence-electron chi connectivity index (χ0n) is 9.29. The lowest BCUT2D eigenvalue weighted by Crippen LogP contribution is -2.01. The monoisotopic (exact) mass is 313 g/mol. The molecule has 0 radical (unpaired) electrons. The molecule has 2 aromatic carbocycles. The molecule has 0 saturated carbocycles. The number of ether oxygens (including phenoxy) is 1. The minimum Gasteiger partial charge on any atom is -0.489 e. The summed E-state index contributed by atoms with van der Waals surface area (Å²) in [5.74, 6) is -0.604. The molecule has 0 bridgehead atoms. The van der Waals surface area contributed by atoms with E-state index in [9.17, 15) is 8.78 Å². The van der Waals surface area contributed by atoms with Crippen LogP contribution in [0.2, 0.25) is 0 Å². The molecule has 0 amide bonds. The van der Waals surface area contributed by atoms with Crippen molar-refractivity contribution in [3.63, 3.8) is 0 Å². The number of hydrogen-bond donors (Lipinski definition) is 1. The Bertz CT molecular complexity index is 575. The zero-order valence-corrected chi connectivity index (χ0v) is 10.9. The first-order valence-corrected chi connectivity index (χ1v) is 5.98. The van der Waals surface area contributed by atoms with Gasteiger partial charge in [0.05, 0.1) is 10.2 Å². The average Bonchev–Trinajstić information content (AvgIpc) is 2.35. The third-order valence-corrected chi connectivity index (χ3v) is 3.04. The summed E-state index contributed by atoms with van der Waals surface area (Å²) in [7, 11) is 0. The van der Waals surface area contributed by atoms with Gasteiger partial charge in [-0.1, -0.05) is 12.1 Å². The fourth-order valence-electron chi connectivity index (χ4n) is 1.44. The lowest BCUT2D eigenvalue weighted by atomic mass is 10.2. The van der Waals surface area contributed by atoms with E-state index in [1.807, 2.05) is 0 Å². The summed E-state index contributed by atoms with van der Waals surface area (Å²) in [5.41, 5.74) is 5.84. The highest BCUT2D eigenvalue weighted by Crippen LogP contribution is 2.22. The summed E-state index contributed by atoms with van der Waals surface area (Å²) in [6.45, 7) is -0.00204. The largest absolute Gasteiger partial charge is 0.489 e. The summed E-state index contributed by atoms with van der Waals surface area (Å²) in [4.78, 5) is 0. The van der Waals surface area contributed by atoms with Crippen molar-refractivity contribution >= 4 is 21.6 Å². The number of rotatable bonds is 3. The van der Waals surface area contributed by atoms with E-state index < -0.39 is 11.6 Å². The summed E-state index contributed by atoms with van der Waals surface area (Å²) in [5, 5.41) is 0. The second-order valence-electron chi connectivity index (χ2n) is 3.68. The molecular weight excluding hydrogens is 304 g/mol. The summed E-state index contributed by atoms with van der Waals surface area (Å²) in [6.07, 6.45) is 0. The Hall–Kier alpha value is -1.62. The van der Waals surface area contributed by atoms with Crippen molar-refractivity contribution in [3.8, 4) is 5.75 Å². The lowest BCUT2D eigenvalue weighted by molar-refractivity contribution is 0.298. The molecule has 0 fully saturated rings. The number of halogens is 3. The van der Waals surface area contributed by atoms with Crippen molar-refractivity contribution in [2.75, 3.05) is 5.73 Å². The average molecular weight is 314 g/mol. The molecule has 2 nitrogen and oxygen atoms in total. The Balaban J connectivity index is 2.11. The van der Waals surface area contributed by atoms with E-state index in [2.05, 4.69) is 15.9 Å². The third-order valence-electron chi connectivity index (χ3n) is 2.39. The Morgan fingerprint density at radius 2 is 1.94 bits per heavy atom. The normalized spacial score (nSPS) is 10.4. The topological polar surface area (TPSA) is 35.2 Å². The molecule has 2 aromatic rings. The Morgan fingerprint density at radius 3 is 2.67 bits per heavy atom. The third kappa shape index (κ3) is 2.79. The fraction of sp³-hybridized carbons (Fsp3) is 0.0769. The number of nitrogens with two attached hydrogens (primary N) is 1. The van der Waals surface area contributed by atoms with E-state index >= 15 is 0 Å². The molecule has 5 heteroatoms. The van der Waals surface area contributed by atoms with Gasteiger partial charge in [0.2, 0.25) is 0 Å². The van der Waals surface area contributed by atoms with E-state index in [0.717, 1.165) is 0 Å². The number of nitrogen functional groups attached to an aromatic ring is 1. The van der Waals surface area contributed by atoms with Gasteiger partial charge in [0.25, 0.3) is 0 Å². The predicted molar refractivity (Wildman–Crippen MR) is 69.2 cm³/mol. The second-order valence-corrected chi connectivity index (χ2v) is 4.54. The number of hydrogen-bond acceptors (Lipinski definition) is 2. The molecule has 2 rings (SSSR count). The molecule has 0 aromatic heterocycles. The molecule has 0 aliphatic heterocycles. The maximum absolute atomic E-state index is 13.6. The fourth-order valence-corrected chi connectivity index (χ4v) is 1.69. The van der Waals surface area contributed by atoms with Gasteiger partial charge in [-0.3, -0.25) is 0 Å². The highest BCUT2D eigenvalue weighted by Gasteiger charge is 2.07. The van der Waals surface area contributed by atoms with Crippen LogP contribution >= 0.6 is 15.9 Å². The van der Waals surface area contributed by atoms with Crippen LogP contribution in [0.3, 0.4) is 0 Å². The lowest BCUT2D eigenvalue weighted by Gasteiger charge is -2.08. The van der Waals surface area contributed by atoms with Crippen molar-refractivity contribution < 1.29 is 13.5 Å². The molecule has 0 atom stereocenters. The van der Waals surface area contributed by atoms with Crippen LogP contribution in [0.15, 0.2) is 40.9 Å². The van der Waals surface area contributed by atoms with Crippen LogP contribution in [0.4, 0.5) is 14.5 Å². The van der Waals surface area contributed by atoms with Crippen molar-refractivity contribution in [3.05, 3.63) is 58.1 Å². The Labute approximate surface area is 112 Å². The Kier molecular flexibility index (Phi) is 3.81. The molecule has 94 valence electrons. The highest BCUT2D eigenvalue weighted by atomic mass is 79.9. The van der Waals surface area contributed by atoms with Gasteiger partial charge in [-0.2, -0.15) is 0 Å². The molecule has 2 N–H and O–H groups in total. The van der Waals surface area contributed by atoms with Gasteiger partial charge >= 0.3 is 0 Å². The number of benzene rings is 2. The standard InChI is InChI=1S/C13H10BrF2NO/c14-10-5-4-9(6-11(10)15)18-7-8-2-1-3-12(17)13(8)16/h1-6H,7,17H2. The van der Waals surface area contributed by atoms with Gasteiger partial charge in [-0.15, -0.1) is 0 Å². The minimum absolute atomic E-state index is 0.00204. The summed E-state index contributed by atoms with van der Waals surface area (Å²) in [6, 6.07) is 9.03. The van der Waals surface area contributed by atoms with E-state index in [1.165, 1.54) is 18.2 Å². The molecule has 0 saturated heterocycles. The van der Waals surface area contributed by atoms with Gasteiger partial charge in [0, 0.05) is 11.6 Å². The van der Waals surface area contributed by atoms with Crippen LogP contribution in [0.25, 0.3) is 0 Å². The molecule has 0 heterocycles. The van der Waals surface area contributed by atoms with Crippen LogP contribution in [-0.2, 0) is 6.61 Å². The Morgan fingerprint density at radius 1 is 1.17 bits per heavy atom. The predicted octanol–water partition coefficient (Wildman–Crippen LogP) is 3.89. The second kappa shape index (κ2) is 5.35. The smallest absolute Gasteiger partial charge is 0.152 e. The van der Waals surface area contributed by atoms with Gasteiger partial charge in [0.1, 0.15) is 18.2 Å². The van der Waals surface area contributed by atoms with Gasteiger partial charge < -0.3 is 10.5 Å². The van der Waals surface area contributed by atoms with Crippen LogP contribution in [0, 0.1) is 11.6 Å². The molecular formula is C13H10BrF2NO. The van der Waals surface area contributed by atoms with E-state index in [0.29, 0.717) is 15.8 Å². The summed E-state index contributed by atoms with van der Waals surface area (Å²) >= 11 is 3.04. The van der Waals surface area contributed by atoms with Crippen molar-refractivity contribution in [1.29, 1.82) is 0 Å². The number of anilines is 1. The van der Waals surface area contributed by atoms with Crippen LogP contribution in [-0.4, -0.2) is 0 Å². The van der Waals surface area contributed by atoms with E-state index in [1.54, 1.807) is 18.2 Å². The maximum atomic E-state index is 13.6. The first-order chi connectivity index (χ1) is 8.58. The minimum atomic E-state index is -0.505. The van der Waals surface area contributed by atoms with Gasteiger partial charge in [-0.05, 0) is 34.1 Å². The molecule has 18 heavy (non-hydrogen) atoms. The first-order valence-electron chi connectivity index (χ1n) is 5.18. The van der Waals surface area contributed by atoms with Crippen molar-refractivity contribution in [2.45, 2.75) is 6.61 Å². The van der Waals surface area contributed by atoms with Crippen molar-refractivity contribution in [1.82, 2.24) is 0 Å². The van der Waals surface area contributed by atoms with Crippen LogP contribution in [0.1, 0.15) is 5.56 Å². The maximum Gasteiger partial charge on any atom is 0.152 e. The molecule has 0 spiro atoms. The van der Waals surface area contributed by atoms with Crippen LogP contribution in [0.5, 0.6) is 5.75 Å². The van der Waals surface area contributed by atoms with Crippen molar-refractivity contribution in [2.24, 2.45) is 0 Å². The SMILES string of the molecule is Nc1cccc(COc2ccc(Br)c(F)c2)c1F. The summed E-state index contributed by atoms with van der Waals surface area (Å²) < 4.78 is 32.4. The molecule has 0 aliphatic carbocycles. The van der Waals surface area contributed by atoms with E-state index in [4.69, 9.17) is 10.5 Å². The quantitative estimate of drug-likeness (QED) is 0.873. The van der Waals surface area contributed by atoms with Gasteiger partial charge in [0.15, 0.2) is 5.82 Å². The first kappa shape index (κ1) is 12.8.